The number of carbonyl (C=O) groups excluding carboxylic acids is 1. The van der Waals surface area contributed by atoms with Gasteiger partial charge < -0.3 is 29.8 Å². The highest BCUT2D eigenvalue weighted by atomic mass is 16.8. The first kappa shape index (κ1) is 19.1. The third-order valence-electron chi connectivity index (χ3n) is 3.93. The van der Waals surface area contributed by atoms with Gasteiger partial charge in [-0.15, -0.1) is 4.73 Å². The number of nitrogens with zero attached hydrogens (tertiary/aromatic N) is 1. The summed E-state index contributed by atoms with van der Waals surface area (Å²) < 4.78 is 11.4. The van der Waals surface area contributed by atoms with E-state index in [2.05, 4.69) is 5.32 Å². The Morgan fingerprint density at radius 3 is 2.04 bits per heavy atom. The van der Waals surface area contributed by atoms with E-state index in [4.69, 9.17) is 14.3 Å². The largest absolute Gasteiger partial charge is 0.492 e. The molecule has 0 saturated carbocycles. The second-order valence-electron chi connectivity index (χ2n) is 5.74. The number of ether oxygens (including phenoxy) is 2. The highest BCUT2D eigenvalue weighted by Crippen LogP contribution is 2.23. The van der Waals surface area contributed by atoms with Crippen LogP contribution in [0.1, 0.15) is 10.4 Å². The summed E-state index contributed by atoms with van der Waals surface area (Å²) in [4.78, 5) is 16.6. The number of benzene rings is 2. The van der Waals surface area contributed by atoms with Crippen molar-refractivity contribution in [2.24, 2.45) is 0 Å². The van der Waals surface area contributed by atoms with Crippen LogP contribution in [-0.2, 0) is 4.74 Å². The minimum atomic E-state index is -0.235. The van der Waals surface area contributed by atoms with Crippen LogP contribution < -0.4 is 14.9 Å². The molecule has 2 aromatic carbocycles. The van der Waals surface area contributed by atoms with E-state index in [-0.39, 0.29) is 31.3 Å². The van der Waals surface area contributed by atoms with E-state index in [0.29, 0.717) is 11.3 Å². The molecule has 3 N–H and O–H groups in total. The Hall–Kier alpha value is -3.65. The van der Waals surface area contributed by atoms with Gasteiger partial charge in [-0.2, -0.15) is 0 Å². The monoisotopic (exact) mass is 384 g/mol. The van der Waals surface area contributed by atoms with Gasteiger partial charge in [0.1, 0.15) is 5.75 Å². The Morgan fingerprint density at radius 1 is 0.893 bits per heavy atom. The summed E-state index contributed by atoms with van der Waals surface area (Å²) in [5.41, 5.74) is 2.57. The van der Waals surface area contributed by atoms with Gasteiger partial charge in [0, 0.05) is 24.7 Å². The van der Waals surface area contributed by atoms with E-state index in [1.165, 1.54) is 12.1 Å². The summed E-state index contributed by atoms with van der Waals surface area (Å²) >= 11 is 0. The molecule has 28 heavy (non-hydrogen) atoms. The van der Waals surface area contributed by atoms with E-state index >= 15 is 0 Å². The van der Waals surface area contributed by atoms with Crippen LogP contribution in [0.3, 0.4) is 0 Å². The SMILES string of the molecule is CNC(=O)c1ccc(-c2ccc(OCOCOn3c(O)ccc3O)cc2)cc1. The average molecular weight is 384 g/mol. The van der Waals surface area contributed by atoms with Gasteiger partial charge in [-0.3, -0.25) is 4.79 Å². The first-order chi connectivity index (χ1) is 13.6. The van der Waals surface area contributed by atoms with Crippen LogP contribution in [0.4, 0.5) is 0 Å². The van der Waals surface area contributed by atoms with Gasteiger partial charge in [0.15, 0.2) is 6.79 Å². The van der Waals surface area contributed by atoms with Crippen LogP contribution in [0.2, 0.25) is 0 Å². The van der Waals surface area contributed by atoms with Crippen LogP contribution in [0.25, 0.3) is 11.1 Å². The van der Waals surface area contributed by atoms with Crippen LogP contribution in [0.15, 0.2) is 60.7 Å². The molecule has 3 rings (SSSR count). The fourth-order valence-corrected chi connectivity index (χ4v) is 2.47. The molecule has 0 fully saturated rings. The molecule has 0 saturated heterocycles. The topological polar surface area (TPSA) is 102 Å². The molecule has 1 heterocycles. The molecule has 0 unspecified atom stereocenters. The predicted octanol–water partition coefficient (Wildman–Crippen LogP) is 2.37. The number of aromatic hydroxyl groups is 2. The highest BCUT2D eigenvalue weighted by molar-refractivity contribution is 5.94. The van der Waals surface area contributed by atoms with Crippen molar-refractivity contribution < 1.29 is 29.3 Å². The van der Waals surface area contributed by atoms with E-state index < -0.39 is 0 Å². The molecular weight excluding hydrogens is 364 g/mol. The minimum Gasteiger partial charge on any atom is -0.492 e. The quantitative estimate of drug-likeness (QED) is 0.407. The van der Waals surface area contributed by atoms with E-state index in [9.17, 15) is 15.0 Å². The lowest BCUT2D eigenvalue weighted by atomic mass is 10.0. The van der Waals surface area contributed by atoms with Gasteiger partial charge >= 0.3 is 0 Å². The molecule has 0 aliphatic heterocycles. The van der Waals surface area contributed by atoms with Crippen molar-refractivity contribution in [3.05, 3.63) is 66.2 Å². The Labute approximate surface area is 161 Å². The van der Waals surface area contributed by atoms with Gasteiger partial charge in [0.2, 0.25) is 18.6 Å². The molecule has 0 aliphatic carbocycles. The number of hydrogen-bond acceptors (Lipinski definition) is 6. The van der Waals surface area contributed by atoms with Crippen LogP contribution in [-0.4, -0.2) is 41.5 Å². The lowest BCUT2D eigenvalue weighted by molar-refractivity contribution is -0.108. The molecule has 0 radical (unpaired) electrons. The van der Waals surface area contributed by atoms with Gasteiger partial charge in [0.25, 0.3) is 5.91 Å². The van der Waals surface area contributed by atoms with Crippen LogP contribution in [0, 0.1) is 0 Å². The maximum atomic E-state index is 11.6. The Bertz CT molecular complexity index is 899. The molecule has 146 valence electrons. The van der Waals surface area contributed by atoms with Crippen molar-refractivity contribution in [2.45, 2.75) is 0 Å². The fraction of sp³-hybridized carbons (Fsp3) is 0.150. The van der Waals surface area contributed by atoms with Crippen molar-refractivity contribution in [3.8, 4) is 28.6 Å². The molecule has 0 spiro atoms. The summed E-state index contributed by atoms with van der Waals surface area (Å²) in [6.45, 7) is -0.283. The Morgan fingerprint density at radius 2 is 1.46 bits per heavy atom. The number of rotatable bonds is 8. The first-order valence-corrected chi connectivity index (χ1v) is 8.44. The van der Waals surface area contributed by atoms with E-state index in [0.717, 1.165) is 15.9 Å². The molecule has 0 aliphatic rings. The smallest absolute Gasteiger partial charge is 0.251 e. The zero-order valence-electron chi connectivity index (χ0n) is 15.2. The summed E-state index contributed by atoms with van der Waals surface area (Å²) in [5, 5.41) is 21.4. The van der Waals surface area contributed by atoms with Crippen molar-refractivity contribution in [1.82, 2.24) is 10.0 Å². The van der Waals surface area contributed by atoms with Crippen molar-refractivity contribution in [3.63, 3.8) is 0 Å². The number of aromatic nitrogens is 1. The number of nitrogens with one attached hydrogen (secondary N) is 1. The Balaban J connectivity index is 1.47. The number of carbonyl (C=O) groups is 1. The molecule has 3 aromatic rings. The minimum absolute atomic E-state index is 0.0665. The lowest BCUT2D eigenvalue weighted by Crippen LogP contribution is -2.17. The van der Waals surface area contributed by atoms with E-state index in [1.807, 2.05) is 24.3 Å². The van der Waals surface area contributed by atoms with Crippen molar-refractivity contribution >= 4 is 5.91 Å². The molecule has 0 atom stereocenters. The van der Waals surface area contributed by atoms with Crippen LogP contribution in [0.5, 0.6) is 17.5 Å². The van der Waals surface area contributed by atoms with E-state index in [1.54, 1.807) is 31.3 Å². The molecule has 1 aromatic heterocycles. The summed E-state index contributed by atoms with van der Waals surface area (Å²) in [6, 6.07) is 17.3. The third kappa shape index (κ3) is 4.54. The van der Waals surface area contributed by atoms with Gasteiger partial charge in [-0.05, 0) is 35.4 Å². The standard InChI is InChI=1S/C20H20N2O6/c1-21-20(25)16-4-2-14(3-5-16)15-6-8-17(9-7-15)27-12-26-13-28-22-18(23)10-11-19(22)24/h2-11,23-24H,12-13H2,1H3,(H,21,25). The number of hydrogen-bond donors (Lipinski definition) is 3. The van der Waals surface area contributed by atoms with Gasteiger partial charge in [-0.1, -0.05) is 24.3 Å². The maximum absolute atomic E-state index is 11.6. The highest BCUT2D eigenvalue weighted by Gasteiger charge is 2.06. The number of amides is 1. The summed E-state index contributed by atoms with van der Waals surface area (Å²) in [5.74, 6) is 0.0146. The zero-order chi connectivity index (χ0) is 19.9. The van der Waals surface area contributed by atoms with Gasteiger partial charge in [-0.25, -0.2) is 0 Å². The molecular formula is C20H20N2O6. The molecule has 1 amide bonds. The van der Waals surface area contributed by atoms with Gasteiger partial charge in [0.05, 0.1) is 0 Å². The Kier molecular flexibility index (Phi) is 6.03. The molecule has 8 nitrogen and oxygen atoms in total. The summed E-state index contributed by atoms with van der Waals surface area (Å²) in [6.07, 6.45) is 0. The van der Waals surface area contributed by atoms with Crippen LogP contribution >= 0.6 is 0 Å². The zero-order valence-corrected chi connectivity index (χ0v) is 15.2. The molecule has 0 bridgehead atoms. The fourth-order valence-electron chi connectivity index (χ4n) is 2.47. The second-order valence-corrected chi connectivity index (χ2v) is 5.74. The maximum Gasteiger partial charge on any atom is 0.251 e. The second kappa shape index (κ2) is 8.83. The molecule has 8 heteroatoms. The van der Waals surface area contributed by atoms with Crippen molar-refractivity contribution in [1.29, 1.82) is 0 Å². The first-order valence-electron chi connectivity index (χ1n) is 8.44. The predicted molar refractivity (Wildman–Crippen MR) is 101 cm³/mol. The lowest BCUT2D eigenvalue weighted by Gasteiger charge is -2.10. The average Bonchev–Trinajstić information content (AvgIpc) is 3.05. The van der Waals surface area contributed by atoms with Crippen molar-refractivity contribution in [2.75, 3.05) is 20.6 Å². The third-order valence-corrected chi connectivity index (χ3v) is 3.93. The normalized spacial score (nSPS) is 10.5. The summed E-state index contributed by atoms with van der Waals surface area (Å²) in [7, 11) is 1.60.